The van der Waals surface area contributed by atoms with E-state index in [9.17, 15) is 4.79 Å². The highest BCUT2D eigenvalue weighted by atomic mass is 35.5. The van der Waals surface area contributed by atoms with Gasteiger partial charge in [0.25, 0.3) is 5.91 Å². The Hall–Kier alpha value is -2.44. The van der Waals surface area contributed by atoms with Crippen LogP contribution in [0, 0.1) is 0 Å². The predicted molar refractivity (Wildman–Crippen MR) is 111 cm³/mol. The molecular formula is C20H22Cl2N2O4. The number of hydrazone groups is 1. The molecule has 0 unspecified atom stereocenters. The van der Waals surface area contributed by atoms with Crippen LogP contribution < -0.4 is 19.6 Å². The molecule has 2 aromatic carbocycles. The van der Waals surface area contributed by atoms with Crippen molar-refractivity contribution in [1.29, 1.82) is 0 Å². The minimum absolute atomic E-state index is 0.335. The summed E-state index contributed by atoms with van der Waals surface area (Å²) in [5, 5.41) is 4.82. The van der Waals surface area contributed by atoms with Gasteiger partial charge in [0.15, 0.2) is 11.5 Å². The zero-order valence-corrected chi connectivity index (χ0v) is 17.4. The highest BCUT2D eigenvalue weighted by molar-refractivity contribution is 6.42. The molecule has 0 heterocycles. The molecule has 1 N–H and O–H groups in total. The van der Waals surface area contributed by atoms with Gasteiger partial charge in [-0.1, -0.05) is 29.3 Å². The summed E-state index contributed by atoms with van der Waals surface area (Å²) in [6.45, 7) is 6.86. The number of nitrogens with zero attached hydrogens (tertiary/aromatic N) is 1. The molecule has 0 saturated carbocycles. The zero-order valence-electron chi connectivity index (χ0n) is 15.9. The van der Waals surface area contributed by atoms with E-state index in [0.717, 1.165) is 0 Å². The number of amides is 1. The third kappa shape index (κ3) is 5.78. The zero-order chi connectivity index (χ0) is 20.5. The van der Waals surface area contributed by atoms with E-state index < -0.39 is 5.91 Å². The van der Waals surface area contributed by atoms with Gasteiger partial charge in [-0.15, -0.1) is 0 Å². The largest absolute Gasteiger partial charge is 0.490 e. The number of hydrogen-bond acceptors (Lipinski definition) is 5. The number of halogens is 2. The molecule has 28 heavy (non-hydrogen) atoms. The Kier molecular flexibility index (Phi) is 8.42. The third-order valence-electron chi connectivity index (χ3n) is 3.49. The molecule has 2 rings (SSSR count). The number of carbonyl (C=O) groups excluding carboxylic acids is 1. The molecule has 0 radical (unpaired) electrons. The van der Waals surface area contributed by atoms with E-state index in [1.54, 1.807) is 30.3 Å². The van der Waals surface area contributed by atoms with Crippen LogP contribution in [0.1, 0.15) is 36.7 Å². The minimum atomic E-state index is -0.415. The second-order valence-electron chi connectivity index (χ2n) is 5.47. The van der Waals surface area contributed by atoms with Gasteiger partial charge in [-0.25, -0.2) is 5.43 Å². The Bertz CT molecular complexity index is 829. The quantitative estimate of drug-likeness (QED) is 0.456. The van der Waals surface area contributed by atoms with Crippen molar-refractivity contribution in [2.45, 2.75) is 20.8 Å². The van der Waals surface area contributed by atoms with Crippen molar-refractivity contribution in [3.05, 3.63) is 51.5 Å². The van der Waals surface area contributed by atoms with Gasteiger partial charge in [-0.2, -0.15) is 5.10 Å². The van der Waals surface area contributed by atoms with Crippen molar-refractivity contribution in [3.63, 3.8) is 0 Å². The van der Waals surface area contributed by atoms with Gasteiger partial charge in [0.05, 0.1) is 36.1 Å². The minimum Gasteiger partial charge on any atom is -0.490 e. The van der Waals surface area contributed by atoms with Gasteiger partial charge in [-0.3, -0.25) is 4.79 Å². The Labute approximate surface area is 174 Å². The summed E-state index contributed by atoms with van der Waals surface area (Å²) in [5.74, 6) is 0.936. The molecule has 0 aliphatic rings. The van der Waals surface area contributed by atoms with Crippen LogP contribution in [0.2, 0.25) is 10.0 Å². The number of rotatable bonds is 9. The van der Waals surface area contributed by atoms with E-state index in [1.807, 2.05) is 20.8 Å². The van der Waals surface area contributed by atoms with Crippen LogP contribution in [0.5, 0.6) is 17.2 Å². The van der Waals surface area contributed by atoms with E-state index >= 15 is 0 Å². The molecule has 0 saturated heterocycles. The van der Waals surface area contributed by atoms with Crippen molar-refractivity contribution in [1.82, 2.24) is 5.43 Å². The van der Waals surface area contributed by atoms with Gasteiger partial charge in [0, 0.05) is 5.56 Å². The average molecular weight is 425 g/mol. The van der Waals surface area contributed by atoms with Crippen molar-refractivity contribution in [2.75, 3.05) is 19.8 Å². The van der Waals surface area contributed by atoms with E-state index in [-0.39, 0.29) is 0 Å². The summed E-state index contributed by atoms with van der Waals surface area (Å²) in [5.41, 5.74) is 3.51. The molecule has 0 aliphatic heterocycles. The Morgan fingerprint density at radius 1 is 0.964 bits per heavy atom. The lowest BCUT2D eigenvalue weighted by atomic mass is 10.1. The Morgan fingerprint density at radius 2 is 1.57 bits per heavy atom. The first-order valence-electron chi connectivity index (χ1n) is 8.85. The topological polar surface area (TPSA) is 69.2 Å². The number of nitrogens with one attached hydrogen (secondary N) is 1. The van der Waals surface area contributed by atoms with E-state index in [0.29, 0.717) is 58.2 Å². The number of carbonyl (C=O) groups is 1. The molecule has 0 fully saturated rings. The van der Waals surface area contributed by atoms with Gasteiger partial charge in [0.1, 0.15) is 0 Å². The van der Waals surface area contributed by atoms with Crippen LogP contribution in [-0.2, 0) is 0 Å². The lowest BCUT2D eigenvalue weighted by Crippen LogP contribution is -2.18. The third-order valence-corrected chi connectivity index (χ3v) is 4.23. The number of ether oxygens (including phenoxy) is 3. The summed E-state index contributed by atoms with van der Waals surface area (Å²) < 4.78 is 16.9. The second-order valence-corrected chi connectivity index (χ2v) is 6.29. The van der Waals surface area contributed by atoms with Crippen LogP contribution in [0.25, 0.3) is 0 Å². The lowest BCUT2D eigenvalue weighted by Gasteiger charge is -2.16. The lowest BCUT2D eigenvalue weighted by molar-refractivity contribution is 0.0954. The molecule has 0 atom stereocenters. The predicted octanol–water partition coefficient (Wildman–Crippen LogP) is 4.95. The van der Waals surface area contributed by atoms with Crippen molar-refractivity contribution >= 4 is 35.3 Å². The van der Waals surface area contributed by atoms with Crippen molar-refractivity contribution in [2.24, 2.45) is 5.10 Å². The monoisotopic (exact) mass is 424 g/mol. The van der Waals surface area contributed by atoms with Gasteiger partial charge in [0.2, 0.25) is 5.75 Å². The first kappa shape index (κ1) is 21.9. The fourth-order valence-electron chi connectivity index (χ4n) is 2.34. The maximum atomic E-state index is 12.5. The van der Waals surface area contributed by atoms with Crippen LogP contribution in [0.4, 0.5) is 0 Å². The molecule has 0 bridgehead atoms. The Morgan fingerprint density at radius 3 is 2.11 bits per heavy atom. The Balaban J connectivity index is 2.23. The summed E-state index contributed by atoms with van der Waals surface area (Å²) in [6.07, 6.45) is 1.47. The first-order valence-corrected chi connectivity index (χ1v) is 9.60. The fraction of sp³-hybridized carbons (Fsp3) is 0.300. The van der Waals surface area contributed by atoms with Crippen molar-refractivity contribution < 1.29 is 19.0 Å². The maximum Gasteiger partial charge on any atom is 0.271 e. The molecule has 1 amide bonds. The number of benzene rings is 2. The summed E-state index contributed by atoms with van der Waals surface area (Å²) >= 11 is 11.8. The van der Waals surface area contributed by atoms with Crippen LogP contribution in [-0.4, -0.2) is 31.9 Å². The molecule has 0 spiro atoms. The normalized spacial score (nSPS) is 10.8. The van der Waals surface area contributed by atoms with E-state index in [2.05, 4.69) is 10.5 Å². The molecule has 150 valence electrons. The molecule has 2 aromatic rings. The smallest absolute Gasteiger partial charge is 0.271 e. The maximum absolute atomic E-state index is 12.5. The van der Waals surface area contributed by atoms with Gasteiger partial charge in [-0.05, 0) is 50.6 Å². The molecule has 6 nitrogen and oxygen atoms in total. The highest BCUT2D eigenvalue weighted by Gasteiger charge is 2.18. The van der Waals surface area contributed by atoms with Gasteiger partial charge >= 0.3 is 0 Å². The van der Waals surface area contributed by atoms with E-state index in [4.69, 9.17) is 37.4 Å². The first-order chi connectivity index (χ1) is 13.5. The summed E-state index contributed by atoms with van der Waals surface area (Å²) in [4.78, 5) is 12.5. The van der Waals surface area contributed by atoms with Crippen molar-refractivity contribution in [3.8, 4) is 17.2 Å². The molecule has 8 heteroatoms. The highest BCUT2D eigenvalue weighted by Crippen LogP contribution is 2.39. The molecule has 0 aliphatic carbocycles. The summed E-state index contributed by atoms with van der Waals surface area (Å²) in [6, 6.07) is 8.24. The fourth-order valence-corrected chi connectivity index (χ4v) is 2.65. The van der Waals surface area contributed by atoms with Gasteiger partial charge < -0.3 is 14.2 Å². The van der Waals surface area contributed by atoms with E-state index in [1.165, 1.54) is 6.21 Å². The van der Waals surface area contributed by atoms with Crippen LogP contribution in [0.3, 0.4) is 0 Å². The average Bonchev–Trinajstić information content (AvgIpc) is 2.67. The molecular weight excluding hydrogens is 403 g/mol. The van der Waals surface area contributed by atoms with Crippen LogP contribution in [0.15, 0.2) is 35.4 Å². The molecule has 0 aromatic heterocycles. The number of hydrogen-bond donors (Lipinski definition) is 1. The SMILES string of the molecule is CCOc1cc(C(=O)N/N=C/c2ccc(Cl)c(Cl)c2)cc(OCC)c1OCC. The van der Waals surface area contributed by atoms with Crippen LogP contribution >= 0.6 is 23.2 Å². The second kappa shape index (κ2) is 10.8. The summed E-state index contributed by atoms with van der Waals surface area (Å²) in [7, 11) is 0. The standard InChI is InChI=1S/C20H22Cl2N2O4/c1-4-26-17-10-14(11-18(27-5-2)19(17)28-6-3)20(25)24-23-12-13-7-8-15(21)16(22)9-13/h7-12H,4-6H2,1-3H3,(H,24,25)/b23-12+.